The molecule has 0 aliphatic carbocycles. The predicted octanol–water partition coefficient (Wildman–Crippen LogP) is 2.97. The molecule has 0 aliphatic heterocycles. The Bertz CT molecular complexity index is 978. The molecule has 9 heteroatoms. The summed E-state index contributed by atoms with van der Waals surface area (Å²) in [6.07, 6.45) is 1.72. The van der Waals surface area contributed by atoms with Crippen LogP contribution in [-0.4, -0.2) is 48.0 Å². The van der Waals surface area contributed by atoms with Crippen LogP contribution in [0.25, 0.3) is 0 Å². The number of benzene rings is 2. The Morgan fingerprint density at radius 1 is 1.06 bits per heavy atom. The zero-order valence-electron chi connectivity index (χ0n) is 18.4. The number of ether oxygens (including phenoxy) is 3. The quantitative estimate of drug-likeness (QED) is 0.534. The second-order valence-corrected chi connectivity index (χ2v) is 8.74. The largest absolute Gasteiger partial charge is 0.497 e. The molecule has 1 N–H and O–H groups in total. The van der Waals surface area contributed by atoms with Crippen LogP contribution < -0.4 is 23.8 Å². The van der Waals surface area contributed by atoms with Gasteiger partial charge in [-0.2, -0.15) is 0 Å². The topological polar surface area (TPSA) is 94.2 Å². The minimum absolute atomic E-state index is 0.159. The van der Waals surface area contributed by atoms with Crippen molar-refractivity contribution in [3.05, 3.63) is 48.0 Å². The van der Waals surface area contributed by atoms with Crippen molar-refractivity contribution in [3.8, 4) is 17.2 Å². The summed E-state index contributed by atoms with van der Waals surface area (Å²) in [7, 11) is -0.397. The fourth-order valence-corrected chi connectivity index (χ4v) is 3.98. The minimum Gasteiger partial charge on any atom is -0.497 e. The fourth-order valence-electron chi connectivity index (χ4n) is 3.02. The van der Waals surface area contributed by atoms with Crippen molar-refractivity contribution in [2.24, 2.45) is 0 Å². The lowest BCUT2D eigenvalue weighted by atomic mass is 10.2. The average Bonchev–Trinajstić information content (AvgIpc) is 2.74. The molecular weight excluding hydrogens is 420 g/mol. The molecule has 2 aromatic rings. The molecule has 31 heavy (non-hydrogen) atoms. The Balaban J connectivity index is 1.92. The summed E-state index contributed by atoms with van der Waals surface area (Å²) in [6.45, 7) is 2.93. The first-order valence-corrected chi connectivity index (χ1v) is 11.8. The number of sulfonamides is 1. The molecule has 2 rings (SSSR count). The molecule has 8 nitrogen and oxygen atoms in total. The van der Waals surface area contributed by atoms with Crippen LogP contribution in [0.2, 0.25) is 0 Å². The molecule has 170 valence electrons. The van der Waals surface area contributed by atoms with E-state index in [1.54, 1.807) is 37.4 Å². The number of hydrogen-bond donors (Lipinski definition) is 1. The van der Waals surface area contributed by atoms with Gasteiger partial charge in [-0.1, -0.05) is 12.1 Å². The van der Waals surface area contributed by atoms with Gasteiger partial charge in [-0.05, 0) is 43.2 Å². The lowest BCUT2D eigenvalue weighted by Crippen LogP contribution is -2.32. The first-order chi connectivity index (χ1) is 14.8. The van der Waals surface area contributed by atoms with Gasteiger partial charge in [-0.3, -0.25) is 9.10 Å². The monoisotopic (exact) mass is 450 g/mol. The Kier molecular flexibility index (Phi) is 8.99. The first kappa shape index (κ1) is 24.3. The molecule has 1 amide bonds. The van der Waals surface area contributed by atoms with E-state index in [4.69, 9.17) is 14.2 Å². The maximum Gasteiger partial charge on any atom is 0.232 e. The molecule has 0 saturated carbocycles. The van der Waals surface area contributed by atoms with E-state index in [0.29, 0.717) is 42.5 Å². The number of carbonyl (C=O) groups is 1. The van der Waals surface area contributed by atoms with Gasteiger partial charge in [0, 0.05) is 25.6 Å². The highest BCUT2D eigenvalue weighted by atomic mass is 32.2. The standard InChI is InChI=1S/C22H30N2O6S/c1-5-30-21-14-17(11-12-20(21)29-3)16-23-22(25)10-7-13-24(31(4,26)27)18-8-6-9-19(15-18)28-2/h6,8-9,11-12,14-15H,5,7,10,13,16H2,1-4H3,(H,23,25). The smallest absolute Gasteiger partial charge is 0.232 e. The minimum atomic E-state index is -3.49. The van der Waals surface area contributed by atoms with Crippen LogP contribution in [0.5, 0.6) is 17.2 Å². The lowest BCUT2D eigenvalue weighted by Gasteiger charge is -2.22. The van der Waals surface area contributed by atoms with Gasteiger partial charge in [0.1, 0.15) is 5.75 Å². The molecule has 0 aromatic heterocycles. The Morgan fingerprint density at radius 3 is 2.48 bits per heavy atom. The summed E-state index contributed by atoms with van der Waals surface area (Å²) in [5.74, 6) is 1.66. The van der Waals surface area contributed by atoms with Crippen LogP contribution in [0.1, 0.15) is 25.3 Å². The number of anilines is 1. The summed E-state index contributed by atoms with van der Waals surface area (Å²) < 4.78 is 41.7. The number of nitrogens with zero attached hydrogens (tertiary/aromatic N) is 1. The van der Waals surface area contributed by atoms with E-state index in [1.165, 1.54) is 11.4 Å². The van der Waals surface area contributed by atoms with Gasteiger partial charge in [-0.25, -0.2) is 8.42 Å². The van der Waals surface area contributed by atoms with E-state index in [9.17, 15) is 13.2 Å². The van der Waals surface area contributed by atoms with E-state index in [1.807, 2.05) is 19.1 Å². The summed E-state index contributed by atoms with van der Waals surface area (Å²) in [6, 6.07) is 12.3. The molecule has 0 spiro atoms. The van der Waals surface area contributed by atoms with E-state index < -0.39 is 10.0 Å². The fraction of sp³-hybridized carbons (Fsp3) is 0.409. The number of hydrogen-bond acceptors (Lipinski definition) is 6. The van der Waals surface area contributed by atoms with Crippen LogP contribution in [0.3, 0.4) is 0 Å². The van der Waals surface area contributed by atoms with Crippen molar-refractivity contribution < 1.29 is 27.4 Å². The number of rotatable bonds is 12. The molecule has 0 heterocycles. The lowest BCUT2D eigenvalue weighted by molar-refractivity contribution is -0.121. The van der Waals surface area contributed by atoms with Gasteiger partial charge in [0.2, 0.25) is 15.9 Å². The third-order valence-corrected chi connectivity index (χ3v) is 5.72. The van der Waals surface area contributed by atoms with Crippen LogP contribution in [-0.2, 0) is 21.4 Å². The summed E-state index contributed by atoms with van der Waals surface area (Å²) in [4.78, 5) is 12.3. The molecule has 0 unspecified atom stereocenters. The summed E-state index contributed by atoms with van der Waals surface area (Å²) in [5.41, 5.74) is 1.38. The SMILES string of the molecule is CCOc1cc(CNC(=O)CCCN(c2cccc(OC)c2)S(C)(=O)=O)ccc1OC. The van der Waals surface area contributed by atoms with E-state index in [2.05, 4.69) is 5.32 Å². The molecule has 0 fully saturated rings. The first-order valence-electron chi connectivity index (χ1n) is 9.96. The third kappa shape index (κ3) is 7.36. The van der Waals surface area contributed by atoms with Crippen molar-refractivity contribution >= 4 is 21.6 Å². The van der Waals surface area contributed by atoms with Crippen molar-refractivity contribution in [2.45, 2.75) is 26.3 Å². The molecule has 0 aliphatic rings. The molecule has 0 saturated heterocycles. The molecular formula is C22H30N2O6S. The number of nitrogens with one attached hydrogen (secondary N) is 1. The number of methoxy groups -OCH3 is 2. The molecule has 0 radical (unpaired) electrons. The average molecular weight is 451 g/mol. The molecule has 0 bridgehead atoms. The maximum absolute atomic E-state index is 12.3. The highest BCUT2D eigenvalue weighted by molar-refractivity contribution is 7.92. The van der Waals surface area contributed by atoms with Crippen molar-refractivity contribution in [1.82, 2.24) is 5.32 Å². The predicted molar refractivity (Wildman–Crippen MR) is 120 cm³/mol. The van der Waals surface area contributed by atoms with E-state index in [-0.39, 0.29) is 18.9 Å². The Hall–Kier alpha value is -2.94. The second-order valence-electron chi connectivity index (χ2n) is 6.84. The highest BCUT2D eigenvalue weighted by Gasteiger charge is 2.18. The van der Waals surface area contributed by atoms with Gasteiger partial charge < -0.3 is 19.5 Å². The van der Waals surface area contributed by atoms with Crippen LogP contribution in [0, 0.1) is 0 Å². The van der Waals surface area contributed by atoms with E-state index in [0.717, 1.165) is 11.8 Å². The zero-order chi connectivity index (χ0) is 22.9. The van der Waals surface area contributed by atoms with Gasteiger partial charge in [0.15, 0.2) is 11.5 Å². The van der Waals surface area contributed by atoms with Crippen LogP contribution >= 0.6 is 0 Å². The van der Waals surface area contributed by atoms with Gasteiger partial charge in [-0.15, -0.1) is 0 Å². The van der Waals surface area contributed by atoms with Crippen molar-refractivity contribution in [2.75, 3.05) is 37.9 Å². The highest BCUT2D eigenvalue weighted by Crippen LogP contribution is 2.28. The Labute approximate surface area is 184 Å². The second kappa shape index (κ2) is 11.5. The number of amides is 1. The zero-order valence-corrected chi connectivity index (χ0v) is 19.2. The van der Waals surface area contributed by atoms with Crippen LogP contribution in [0.15, 0.2) is 42.5 Å². The van der Waals surface area contributed by atoms with Gasteiger partial charge in [0.05, 0.1) is 32.8 Å². The molecule has 0 atom stereocenters. The summed E-state index contributed by atoms with van der Waals surface area (Å²) >= 11 is 0. The van der Waals surface area contributed by atoms with Crippen molar-refractivity contribution in [1.29, 1.82) is 0 Å². The van der Waals surface area contributed by atoms with E-state index >= 15 is 0 Å². The normalized spacial score (nSPS) is 11.0. The van der Waals surface area contributed by atoms with Gasteiger partial charge in [0.25, 0.3) is 0 Å². The van der Waals surface area contributed by atoms with Gasteiger partial charge >= 0.3 is 0 Å². The summed E-state index contributed by atoms with van der Waals surface area (Å²) in [5, 5.41) is 2.85. The third-order valence-electron chi connectivity index (χ3n) is 4.52. The maximum atomic E-state index is 12.3. The molecule has 2 aromatic carbocycles. The van der Waals surface area contributed by atoms with Crippen molar-refractivity contribution in [3.63, 3.8) is 0 Å². The number of carbonyl (C=O) groups excluding carboxylic acids is 1. The Morgan fingerprint density at radius 2 is 1.84 bits per heavy atom. The van der Waals surface area contributed by atoms with Crippen LogP contribution in [0.4, 0.5) is 5.69 Å².